The van der Waals surface area contributed by atoms with Crippen molar-refractivity contribution in [3.8, 4) is 5.82 Å². The van der Waals surface area contributed by atoms with Gasteiger partial charge in [-0.1, -0.05) is 30.3 Å². The molecule has 0 aliphatic rings. The van der Waals surface area contributed by atoms with Gasteiger partial charge in [0.15, 0.2) is 0 Å². The number of hydrogen-bond donors (Lipinski definition) is 0. The molecule has 4 rings (SSSR count). The second kappa shape index (κ2) is 6.83. The molecule has 0 bridgehead atoms. The molecular weight excluding hydrogens is 344 g/mol. The van der Waals surface area contributed by atoms with Crippen molar-refractivity contribution in [3.05, 3.63) is 77.4 Å². The molecule has 2 heterocycles. The number of para-hydroxylation sites is 3. The Labute approximate surface area is 154 Å². The molecule has 8 heteroatoms. The van der Waals surface area contributed by atoms with Crippen LogP contribution in [0.25, 0.3) is 16.9 Å². The van der Waals surface area contributed by atoms with Gasteiger partial charge in [0.25, 0.3) is 0 Å². The van der Waals surface area contributed by atoms with Gasteiger partial charge in [-0.15, -0.1) is 0 Å². The van der Waals surface area contributed by atoms with Crippen LogP contribution in [-0.2, 0) is 0 Å². The van der Waals surface area contributed by atoms with E-state index in [4.69, 9.17) is 0 Å². The topological polar surface area (TPSA) is 90.0 Å². The van der Waals surface area contributed by atoms with Crippen LogP contribution in [0.3, 0.4) is 0 Å². The van der Waals surface area contributed by atoms with Crippen LogP contribution in [0.2, 0.25) is 0 Å². The maximum Gasteiger partial charge on any atom is 0.354 e. The second-order valence-corrected chi connectivity index (χ2v) is 5.81. The van der Waals surface area contributed by atoms with Crippen molar-refractivity contribution in [1.82, 2.24) is 19.5 Å². The Hall–Kier alpha value is -3.81. The largest absolute Gasteiger partial charge is 0.354 e. The molecule has 0 aliphatic carbocycles. The molecule has 0 aliphatic heterocycles. The Morgan fingerprint density at radius 1 is 1.04 bits per heavy atom. The number of aromatic nitrogens is 4. The van der Waals surface area contributed by atoms with Crippen LogP contribution in [0.4, 0.5) is 17.2 Å². The minimum atomic E-state index is -0.439. The fourth-order valence-corrected chi connectivity index (χ4v) is 3.09. The lowest BCUT2D eigenvalue weighted by Gasteiger charge is -2.22. The van der Waals surface area contributed by atoms with Gasteiger partial charge in [-0.05, 0) is 31.2 Å². The summed E-state index contributed by atoms with van der Waals surface area (Å²) in [5.41, 5.74) is 2.14. The average Bonchev–Trinajstić information content (AvgIpc) is 3.13. The molecule has 8 nitrogen and oxygen atoms in total. The van der Waals surface area contributed by atoms with E-state index in [1.54, 1.807) is 15.8 Å². The van der Waals surface area contributed by atoms with Crippen LogP contribution < -0.4 is 4.90 Å². The minimum absolute atomic E-state index is 0.161. The number of nitro groups is 1. The smallest absolute Gasteiger partial charge is 0.321 e. The lowest BCUT2D eigenvalue weighted by atomic mass is 10.2. The highest BCUT2D eigenvalue weighted by atomic mass is 16.6. The summed E-state index contributed by atoms with van der Waals surface area (Å²) in [4.78, 5) is 26.1. The SMILES string of the molecule is CCN(c1ccccc1)c1ncnc(-n2cnc3ccccc32)c1[N+](=O)[O-]. The van der Waals surface area contributed by atoms with Gasteiger partial charge in [0.2, 0.25) is 11.6 Å². The molecule has 0 atom stereocenters. The number of nitrogens with zero attached hydrogens (tertiary/aromatic N) is 6. The molecule has 134 valence electrons. The molecule has 4 aromatic rings. The number of hydrogen-bond acceptors (Lipinski definition) is 6. The first kappa shape index (κ1) is 16.6. The molecule has 0 saturated heterocycles. The predicted octanol–water partition coefficient (Wildman–Crippen LogP) is 3.88. The Kier molecular flexibility index (Phi) is 4.21. The van der Waals surface area contributed by atoms with Gasteiger partial charge in [0.1, 0.15) is 12.7 Å². The molecule has 27 heavy (non-hydrogen) atoms. The van der Waals surface area contributed by atoms with E-state index in [-0.39, 0.29) is 17.3 Å². The summed E-state index contributed by atoms with van der Waals surface area (Å²) in [6.45, 7) is 2.44. The second-order valence-electron chi connectivity index (χ2n) is 5.81. The van der Waals surface area contributed by atoms with E-state index in [9.17, 15) is 10.1 Å². The van der Waals surface area contributed by atoms with Gasteiger partial charge in [-0.25, -0.2) is 15.0 Å². The number of anilines is 2. The van der Waals surface area contributed by atoms with Crippen molar-refractivity contribution < 1.29 is 4.92 Å². The van der Waals surface area contributed by atoms with Crippen molar-refractivity contribution in [2.24, 2.45) is 0 Å². The van der Waals surface area contributed by atoms with Crippen molar-refractivity contribution in [2.75, 3.05) is 11.4 Å². The number of fused-ring (bicyclic) bond motifs is 1. The molecule has 2 aromatic carbocycles. The summed E-state index contributed by atoms with van der Waals surface area (Å²) in [6, 6.07) is 16.9. The van der Waals surface area contributed by atoms with E-state index in [1.165, 1.54) is 6.33 Å². The Balaban J connectivity index is 1.95. The fourth-order valence-electron chi connectivity index (χ4n) is 3.09. The lowest BCUT2D eigenvalue weighted by molar-refractivity contribution is -0.384. The van der Waals surface area contributed by atoms with Gasteiger partial charge in [0.05, 0.1) is 16.0 Å². The van der Waals surface area contributed by atoms with E-state index in [0.29, 0.717) is 6.54 Å². The van der Waals surface area contributed by atoms with Gasteiger partial charge >= 0.3 is 5.69 Å². The Bertz CT molecular complexity index is 1110. The van der Waals surface area contributed by atoms with E-state index in [2.05, 4.69) is 15.0 Å². The van der Waals surface area contributed by atoms with E-state index in [0.717, 1.165) is 16.7 Å². The first-order valence-corrected chi connectivity index (χ1v) is 8.45. The average molecular weight is 360 g/mol. The zero-order valence-electron chi connectivity index (χ0n) is 14.6. The zero-order chi connectivity index (χ0) is 18.8. The van der Waals surface area contributed by atoms with E-state index in [1.807, 2.05) is 61.5 Å². The summed E-state index contributed by atoms with van der Waals surface area (Å²) in [5.74, 6) is 0.435. The van der Waals surface area contributed by atoms with Crippen molar-refractivity contribution in [2.45, 2.75) is 6.92 Å². The monoisotopic (exact) mass is 360 g/mol. The maximum absolute atomic E-state index is 12.0. The number of rotatable bonds is 5. The molecule has 0 unspecified atom stereocenters. The summed E-state index contributed by atoms with van der Waals surface area (Å²) in [6.07, 6.45) is 2.89. The quantitative estimate of drug-likeness (QED) is 0.396. The highest BCUT2D eigenvalue weighted by Gasteiger charge is 2.29. The van der Waals surface area contributed by atoms with Crippen LogP contribution in [0.15, 0.2) is 67.3 Å². The summed E-state index contributed by atoms with van der Waals surface area (Å²) < 4.78 is 1.62. The molecule has 0 amide bonds. The molecule has 0 saturated carbocycles. The minimum Gasteiger partial charge on any atom is -0.321 e. The normalized spacial score (nSPS) is 10.9. The van der Waals surface area contributed by atoms with Gasteiger partial charge < -0.3 is 4.90 Å². The van der Waals surface area contributed by atoms with Crippen LogP contribution in [0.1, 0.15) is 6.92 Å². The van der Waals surface area contributed by atoms with Crippen LogP contribution >= 0.6 is 0 Å². The van der Waals surface area contributed by atoms with Crippen LogP contribution in [-0.4, -0.2) is 31.0 Å². The zero-order valence-corrected chi connectivity index (χ0v) is 14.6. The molecule has 0 spiro atoms. The summed E-state index contributed by atoms with van der Waals surface area (Å²) in [7, 11) is 0. The molecule has 2 aromatic heterocycles. The number of imidazole rings is 1. The summed E-state index contributed by atoms with van der Waals surface area (Å²) in [5, 5.41) is 12.0. The molecular formula is C19H16N6O2. The maximum atomic E-state index is 12.0. The fraction of sp³-hybridized carbons (Fsp3) is 0.105. The predicted molar refractivity (Wildman–Crippen MR) is 102 cm³/mol. The third kappa shape index (κ3) is 2.86. The van der Waals surface area contributed by atoms with Crippen LogP contribution in [0.5, 0.6) is 0 Å². The number of benzene rings is 2. The van der Waals surface area contributed by atoms with Crippen LogP contribution in [0, 0.1) is 10.1 Å². The highest BCUT2D eigenvalue weighted by molar-refractivity contribution is 5.80. The third-order valence-electron chi connectivity index (χ3n) is 4.29. The third-order valence-corrected chi connectivity index (χ3v) is 4.29. The van der Waals surface area contributed by atoms with Crippen molar-refractivity contribution in [3.63, 3.8) is 0 Å². The van der Waals surface area contributed by atoms with E-state index < -0.39 is 4.92 Å². The highest BCUT2D eigenvalue weighted by Crippen LogP contribution is 2.35. The Morgan fingerprint density at radius 3 is 2.52 bits per heavy atom. The Morgan fingerprint density at radius 2 is 1.78 bits per heavy atom. The van der Waals surface area contributed by atoms with Gasteiger partial charge in [-0.2, -0.15) is 0 Å². The first-order chi connectivity index (χ1) is 13.2. The van der Waals surface area contributed by atoms with Crippen molar-refractivity contribution in [1.29, 1.82) is 0 Å². The first-order valence-electron chi connectivity index (χ1n) is 8.45. The van der Waals surface area contributed by atoms with Gasteiger partial charge in [-0.3, -0.25) is 14.7 Å². The molecule has 0 radical (unpaired) electrons. The summed E-state index contributed by atoms with van der Waals surface area (Å²) >= 11 is 0. The van der Waals surface area contributed by atoms with Gasteiger partial charge in [0, 0.05) is 12.2 Å². The van der Waals surface area contributed by atoms with Crippen molar-refractivity contribution >= 4 is 28.2 Å². The molecule has 0 N–H and O–H groups in total. The standard InChI is InChI=1S/C19H16N6O2/c1-2-23(14-8-4-3-5-9-14)18-17(25(26)27)19(21-12-20-18)24-13-22-15-10-6-7-11-16(15)24/h3-13H,2H2,1H3. The molecule has 0 fully saturated rings. The van der Waals surface area contributed by atoms with E-state index >= 15 is 0 Å². The lowest BCUT2D eigenvalue weighted by Crippen LogP contribution is -2.20.